The maximum absolute atomic E-state index is 13.9. The molecule has 1 amide bonds. The largest absolute Gasteiger partial charge is 0.475 e. The molecule has 8 nitrogen and oxygen atoms in total. The lowest BCUT2D eigenvalue weighted by Crippen LogP contribution is -2.31. The van der Waals surface area contributed by atoms with Gasteiger partial charge in [-0.3, -0.25) is 9.69 Å². The highest BCUT2D eigenvalue weighted by atomic mass is 32.2. The van der Waals surface area contributed by atoms with E-state index in [1.807, 2.05) is 95.8 Å². The van der Waals surface area contributed by atoms with Gasteiger partial charge in [0.1, 0.15) is 5.76 Å². The van der Waals surface area contributed by atoms with Crippen molar-refractivity contribution in [2.45, 2.75) is 13.0 Å². The Bertz CT molecular complexity index is 2050. The molecule has 9 heteroatoms. The first-order chi connectivity index (χ1) is 21.0. The van der Waals surface area contributed by atoms with Crippen LogP contribution in [0.5, 0.6) is 0 Å². The number of carbonyl (C=O) groups is 2. The third-order valence-corrected chi connectivity index (χ3v) is 8.46. The number of fused-ring (bicyclic) bond motifs is 2. The number of carboxylic acid groups (broad SMARTS) is 1. The molecule has 0 radical (unpaired) electrons. The van der Waals surface area contributed by atoms with Gasteiger partial charge in [0, 0.05) is 46.3 Å². The van der Waals surface area contributed by atoms with Gasteiger partial charge in [-0.15, -0.1) is 0 Å². The van der Waals surface area contributed by atoms with Gasteiger partial charge >= 0.3 is 5.97 Å². The minimum Gasteiger partial charge on any atom is -0.475 e. The molecule has 0 unspecified atom stereocenters. The second-order valence-corrected chi connectivity index (χ2v) is 11.2. The molecule has 0 aliphatic carbocycles. The molecule has 4 heterocycles. The van der Waals surface area contributed by atoms with E-state index in [0.717, 1.165) is 38.6 Å². The SMILES string of the molecule is O=C(O)c1ccc(Cn2cc(/C=C3\SC(=Nc4ccccc4)N(CCc4c[nH]c5ccccc45)C3=O)c3ccccc32)o1. The molecule has 1 saturated heterocycles. The molecule has 0 atom stereocenters. The van der Waals surface area contributed by atoms with E-state index < -0.39 is 5.97 Å². The van der Waals surface area contributed by atoms with E-state index in [2.05, 4.69) is 11.1 Å². The Kier molecular flexibility index (Phi) is 6.92. The van der Waals surface area contributed by atoms with Gasteiger partial charge in [-0.2, -0.15) is 0 Å². The number of para-hydroxylation sites is 3. The Labute approximate surface area is 251 Å². The topological polar surface area (TPSA) is 104 Å². The Morgan fingerprint density at radius 2 is 1.72 bits per heavy atom. The first kappa shape index (κ1) is 26.6. The molecular weight excluding hydrogens is 560 g/mol. The van der Waals surface area contributed by atoms with Crippen LogP contribution < -0.4 is 0 Å². The summed E-state index contributed by atoms with van der Waals surface area (Å²) in [6, 6.07) is 28.9. The molecule has 3 aromatic heterocycles. The van der Waals surface area contributed by atoms with E-state index in [0.29, 0.717) is 35.3 Å². The zero-order valence-corrected chi connectivity index (χ0v) is 23.8. The molecule has 1 fully saturated rings. The number of aliphatic imine (C=N–C) groups is 1. The van der Waals surface area contributed by atoms with Crippen LogP contribution in [0.1, 0.15) is 27.4 Å². The maximum atomic E-state index is 13.9. The minimum atomic E-state index is -1.10. The van der Waals surface area contributed by atoms with Crippen LogP contribution in [0.25, 0.3) is 27.9 Å². The summed E-state index contributed by atoms with van der Waals surface area (Å²) in [5.74, 6) is -0.759. The number of aromatic carboxylic acids is 1. The Morgan fingerprint density at radius 1 is 0.953 bits per heavy atom. The predicted molar refractivity (Wildman–Crippen MR) is 170 cm³/mol. The fraction of sp³-hybridized carbons (Fsp3) is 0.0882. The van der Waals surface area contributed by atoms with Gasteiger partial charge in [0.2, 0.25) is 5.76 Å². The molecule has 1 aliphatic rings. The first-order valence-corrected chi connectivity index (χ1v) is 14.7. The van der Waals surface area contributed by atoms with Crippen molar-refractivity contribution in [2.24, 2.45) is 4.99 Å². The zero-order chi connectivity index (χ0) is 29.3. The van der Waals surface area contributed by atoms with Crippen LogP contribution in [0.2, 0.25) is 0 Å². The number of thioether (sulfide) groups is 1. The second-order valence-electron chi connectivity index (χ2n) is 10.2. The number of rotatable bonds is 8. The molecule has 1 aliphatic heterocycles. The zero-order valence-electron chi connectivity index (χ0n) is 22.9. The van der Waals surface area contributed by atoms with Crippen molar-refractivity contribution >= 4 is 62.4 Å². The summed E-state index contributed by atoms with van der Waals surface area (Å²) in [6.07, 6.45) is 6.58. The molecule has 6 aromatic rings. The fourth-order valence-electron chi connectivity index (χ4n) is 5.38. The summed E-state index contributed by atoms with van der Waals surface area (Å²) in [7, 11) is 0. The monoisotopic (exact) mass is 586 g/mol. The van der Waals surface area contributed by atoms with Crippen molar-refractivity contribution in [1.29, 1.82) is 0 Å². The van der Waals surface area contributed by atoms with E-state index >= 15 is 0 Å². The number of carboxylic acids is 1. The van der Waals surface area contributed by atoms with Crippen molar-refractivity contribution in [1.82, 2.24) is 14.5 Å². The summed E-state index contributed by atoms with van der Waals surface area (Å²) >= 11 is 1.37. The van der Waals surface area contributed by atoms with Gasteiger partial charge in [-0.25, -0.2) is 9.79 Å². The summed E-state index contributed by atoms with van der Waals surface area (Å²) in [6.45, 7) is 0.846. The van der Waals surface area contributed by atoms with Gasteiger partial charge in [0.25, 0.3) is 5.91 Å². The number of amidine groups is 1. The Hall–Kier alpha value is -5.28. The number of benzene rings is 3. The van der Waals surface area contributed by atoms with Gasteiger partial charge in [-0.05, 0) is 66.2 Å². The van der Waals surface area contributed by atoms with Crippen molar-refractivity contribution in [2.75, 3.05) is 6.54 Å². The van der Waals surface area contributed by atoms with Crippen LogP contribution in [-0.2, 0) is 17.8 Å². The highest BCUT2D eigenvalue weighted by Crippen LogP contribution is 2.36. The summed E-state index contributed by atoms with van der Waals surface area (Å²) in [5, 5.41) is 12.0. The van der Waals surface area contributed by atoms with E-state index in [1.165, 1.54) is 17.8 Å². The predicted octanol–water partition coefficient (Wildman–Crippen LogP) is 7.31. The lowest BCUT2D eigenvalue weighted by molar-refractivity contribution is -0.122. The normalized spacial score (nSPS) is 15.4. The van der Waals surface area contributed by atoms with Gasteiger partial charge < -0.3 is 19.1 Å². The third kappa shape index (κ3) is 5.26. The van der Waals surface area contributed by atoms with Crippen LogP contribution in [0.3, 0.4) is 0 Å². The average Bonchev–Trinajstić information content (AvgIpc) is 3.80. The Morgan fingerprint density at radius 3 is 2.53 bits per heavy atom. The smallest absolute Gasteiger partial charge is 0.371 e. The van der Waals surface area contributed by atoms with Gasteiger partial charge in [-0.1, -0.05) is 54.6 Å². The van der Waals surface area contributed by atoms with E-state index in [4.69, 9.17) is 9.41 Å². The molecular formula is C34H26N4O4S. The van der Waals surface area contributed by atoms with E-state index in [1.54, 1.807) is 11.0 Å². The number of aromatic nitrogens is 2. The number of amides is 1. The second kappa shape index (κ2) is 11.2. The van der Waals surface area contributed by atoms with Gasteiger partial charge in [0.15, 0.2) is 5.17 Å². The van der Waals surface area contributed by atoms with E-state index in [9.17, 15) is 14.7 Å². The van der Waals surface area contributed by atoms with Crippen molar-refractivity contribution in [3.8, 4) is 0 Å². The molecule has 212 valence electrons. The first-order valence-electron chi connectivity index (χ1n) is 13.8. The van der Waals surface area contributed by atoms with Crippen LogP contribution >= 0.6 is 11.8 Å². The molecule has 0 saturated carbocycles. The van der Waals surface area contributed by atoms with Crippen LogP contribution in [0.4, 0.5) is 5.69 Å². The highest BCUT2D eigenvalue weighted by molar-refractivity contribution is 8.18. The minimum absolute atomic E-state index is 0.0894. The van der Waals surface area contributed by atoms with Crippen molar-refractivity contribution in [3.05, 3.63) is 131 Å². The molecule has 7 rings (SSSR count). The van der Waals surface area contributed by atoms with Crippen LogP contribution in [-0.4, -0.2) is 43.1 Å². The third-order valence-electron chi connectivity index (χ3n) is 7.45. The maximum Gasteiger partial charge on any atom is 0.371 e. The quantitative estimate of drug-likeness (QED) is 0.182. The summed E-state index contributed by atoms with van der Waals surface area (Å²) in [5.41, 5.74) is 4.84. The molecule has 0 spiro atoms. The number of hydrogen-bond acceptors (Lipinski definition) is 5. The summed E-state index contributed by atoms with van der Waals surface area (Å²) in [4.78, 5) is 35.7. The average molecular weight is 587 g/mol. The fourth-order valence-corrected chi connectivity index (χ4v) is 6.40. The number of furan rings is 1. The molecule has 2 N–H and O–H groups in total. The number of nitrogens with one attached hydrogen (secondary N) is 1. The lowest BCUT2D eigenvalue weighted by Gasteiger charge is -2.15. The van der Waals surface area contributed by atoms with Crippen molar-refractivity contribution < 1.29 is 19.1 Å². The van der Waals surface area contributed by atoms with Crippen LogP contribution in [0.15, 0.2) is 118 Å². The van der Waals surface area contributed by atoms with Gasteiger partial charge in [0.05, 0.1) is 17.1 Å². The van der Waals surface area contributed by atoms with E-state index in [-0.39, 0.29) is 11.7 Å². The standard InChI is InChI=1S/C34H26N4O4S/c39-32-31(18-23-20-37(29-13-7-5-11-27(23)29)21-25-14-15-30(42-25)33(40)41)43-34(36-24-8-2-1-3-9-24)38(32)17-16-22-19-35-28-12-6-4-10-26(22)28/h1-15,18-20,35H,16-17,21H2,(H,40,41)/b31-18-,36-34?. The molecule has 0 bridgehead atoms. The summed E-state index contributed by atoms with van der Waals surface area (Å²) < 4.78 is 7.51. The highest BCUT2D eigenvalue weighted by Gasteiger charge is 2.33. The molecule has 3 aromatic carbocycles. The number of H-pyrrole nitrogens is 1. The number of carbonyl (C=O) groups excluding carboxylic acids is 1. The number of hydrogen-bond donors (Lipinski definition) is 2. The molecule has 43 heavy (non-hydrogen) atoms. The Balaban J connectivity index is 1.22. The lowest BCUT2D eigenvalue weighted by atomic mass is 10.1. The van der Waals surface area contributed by atoms with Crippen LogP contribution in [0, 0.1) is 0 Å². The number of nitrogens with zero attached hydrogens (tertiary/aromatic N) is 3. The number of aromatic amines is 1. The van der Waals surface area contributed by atoms with Crippen molar-refractivity contribution in [3.63, 3.8) is 0 Å².